The van der Waals surface area contributed by atoms with Gasteiger partial charge in [0.25, 0.3) is 5.91 Å². The molecule has 2 aliphatic heterocycles. The zero-order valence-corrected chi connectivity index (χ0v) is 19.7. The van der Waals surface area contributed by atoms with Crippen LogP contribution in [0.2, 0.25) is 0 Å². The van der Waals surface area contributed by atoms with Gasteiger partial charge in [-0.2, -0.15) is 5.06 Å². The van der Waals surface area contributed by atoms with E-state index in [1.807, 2.05) is 60.7 Å². The van der Waals surface area contributed by atoms with Gasteiger partial charge in [-0.05, 0) is 23.3 Å². The molecule has 0 bridgehead atoms. The molecule has 1 unspecified atom stereocenters. The van der Waals surface area contributed by atoms with E-state index < -0.39 is 35.5 Å². The van der Waals surface area contributed by atoms with Gasteiger partial charge in [0.05, 0.1) is 18.0 Å². The summed E-state index contributed by atoms with van der Waals surface area (Å²) in [5, 5.41) is 11.5. The lowest BCUT2D eigenvalue weighted by molar-refractivity contribution is -0.259. The maximum Gasteiger partial charge on any atom is 0.308 e. The van der Waals surface area contributed by atoms with Crippen LogP contribution in [0.25, 0.3) is 0 Å². The van der Waals surface area contributed by atoms with E-state index in [-0.39, 0.29) is 30.9 Å². The Hall–Kier alpha value is -4.17. The van der Waals surface area contributed by atoms with Crippen LogP contribution < -0.4 is 4.90 Å². The second-order valence-corrected chi connectivity index (χ2v) is 8.90. The van der Waals surface area contributed by atoms with Crippen LogP contribution in [-0.4, -0.2) is 46.3 Å². The number of hydrogen-bond acceptors (Lipinski definition) is 6. The quantitative estimate of drug-likeness (QED) is 0.533. The van der Waals surface area contributed by atoms with Crippen LogP contribution in [0.5, 0.6) is 5.75 Å². The molecule has 0 aromatic heterocycles. The van der Waals surface area contributed by atoms with E-state index in [1.54, 1.807) is 18.2 Å². The molecule has 0 saturated carbocycles. The van der Waals surface area contributed by atoms with Gasteiger partial charge >= 0.3 is 5.97 Å². The first-order chi connectivity index (χ1) is 17.4. The SMILES string of the molecule is CC(=O)N(c1ccccc1O)[C@H]1CON(C2(C(c3ccccc3)c3ccccc3)CCC(=O)O2)C1=O. The fourth-order valence-corrected chi connectivity index (χ4v) is 5.17. The van der Waals surface area contributed by atoms with Gasteiger partial charge in [-0.25, -0.2) is 0 Å². The molecular formula is C28H26N2O6. The Balaban J connectivity index is 1.59. The van der Waals surface area contributed by atoms with Crippen LogP contribution in [0.4, 0.5) is 5.69 Å². The summed E-state index contributed by atoms with van der Waals surface area (Å²) >= 11 is 0. The molecule has 0 aliphatic carbocycles. The number of aromatic hydroxyl groups is 1. The van der Waals surface area contributed by atoms with Crippen molar-refractivity contribution in [3.8, 4) is 5.75 Å². The summed E-state index contributed by atoms with van der Waals surface area (Å²) in [5.74, 6) is -2.06. The summed E-state index contributed by atoms with van der Waals surface area (Å²) in [6, 6.07) is 24.3. The number of rotatable bonds is 6. The first-order valence-electron chi connectivity index (χ1n) is 11.8. The number of para-hydroxylation sites is 2. The summed E-state index contributed by atoms with van der Waals surface area (Å²) in [6.45, 7) is 1.17. The van der Waals surface area contributed by atoms with E-state index >= 15 is 0 Å². The molecule has 3 aromatic carbocycles. The minimum Gasteiger partial charge on any atom is -0.506 e. The van der Waals surface area contributed by atoms with Crippen LogP contribution in [0.15, 0.2) is 84.9 Å². The van der Waals surface area contributed by atoms with Gasteiger partial charge in [-0.1, -0.05) is 72.8 Å². The second kappa shape index (κ2) is 9.47. The van der Waals surface area contributed by atoms with Crippen molar-refractivity contribution < 1.29 is 29.1 Å². The van der Waals surface area contributed by atoms with Crippen molar-refractivity contribution in [1.29, 1.82) is 0 Å². The van der Waals surface area contributed by atoms with Crippen molar-refractivity contribution >= 4 is 23.5 Å². The average molecular weight is 487 g/mol. The number of anilines is 1. The van der Waals surface area contributed by atoms with Crippen LogP contribution in [-0.2, 0) is 24.0 Å². The zero-order chi connectivity index (χ0) is 25.3. The predicted octanol–water partition coefficient (Wildman–Crippen LogP) is 3.75. The molecule has 1 N–H and O–H groups in total. The lowest BCUT2D eigenvalue weighted by atomic mass is 9.80. The Morgan fingerprint density at radius 1 is 0.972 bits per heavy atom. The monoisotopic (exact) mass is 486 g/mol. The molecule has 0 radical (unpaired) electrons. The molecular weight excluding hydrogens is 460 g/mol. The number of hydroxylamine groups is 2. The molecule has 2 saturated heterocycles. The number of carbonyl (C=O) groups excluding carboxylic acids is 3. The van der Waals surface area contributed by atoms with Crippen molar-refractivity contribution in [1.82, 2.24) is 5.06 Å². The third-order valence-corrected chi connectivity index (χ3v) is 6.68. The van der Waals surface area contributed by atoms with Crippen molar-refractivity contribution in [2.45, 2.75) is 37.5 Å². The number of nitrogens with zero attached hydrogens (tertiary/aromatic N) is 2. The molecule has 2 aliphatic rings. The number of hydrogen-bond donors (Lipinski definition) is 1. The fraction of sp³-hybridized carbons (Fsp3) is 0.250. The number of esters is 1. The molecule has 3 aromatic rings. The number of amides is 2. The average Bonchev–Trinajstić information content (AvgIpc) is 3.45. The fourth-order valence-electron chi connectivity index (χ4n) is 5.17. The molecule has 8 nitrogen and oxygen atoms in total. The maximum absolute atomic E-state index is 13.9. The molecule has 2 amide bonds. The molecule has 2 fully saturated rings. The highest BCUT2D eigenvalue weighted by Crippen LogP contribution is 2.48. The maximum atomic E-state index is 13.9. The van der Waals surface area contributed by atoms with Gasteiger partial charge in [0, 0.05) is 13.3 Å². The number of ether oxygens (including phenoxy) is 1. The predicted molar refractivity (Wildman–Crippen MR) is 131 cm³/mol. The van der Waals surface area contributed by atoms with E-state index in [9.17, 15) is 19.5 Å². The van der Waals surface area contributed by atoms with Crippen LogP contribution in [0, 0.1) is 0 Å². The minimum absolute atomic E-state index is 0.115. The number of benzene rings is 3. The van der Waals surface area contributed by atoms with Crippen LogP contribution >= 0.6 is 0 Å². The lowest BCUT2D eigenvalue weighted by Crippen LogP contribution is -2.56. The Bertz CT molecular complexity index is 1240. The highest BCUT2D eigenvalue weighted by Gasteiger charge is 2.59. The van der Waals surface area contributed by atoms with Gasteiger partial charge < -0.3 is 9.84 Å². The first-order valence-corrected chi connectivity index (χ1v) is 11.8. The number of phenols is 1. The Morgan fingerprint density at radius 3 is 2.08 bits per heavy atom. The molecule has 184 valence electrons. The van der Waals surface area contributed by atoms with Gasteiger partial charge in [0.2, 0.25) is 11.6 Å². The highest BCUT2D eigenvalue weighted by molar-refractivity contribution is 6.01. The molecule has 5 rings (SSSR count). The van der Waals surface area contributed by atoms with E-state index in [1.165, 1.54) is 17.9 Å². The summed E-state index contributed by atoms with van der Waals surface area (Å²) in [7, 11) is 0. The third-order valence-electron chi connectivity index (χ3n) is 6.68. The highest BCUT2D eigenvalue weighted by atomic mass is 16.7. The van der Waals surface area contributed by atoms with E-state index in [4.69, 9.17) is 9.57 Å². The Morgan fingerprint density at radius 2 is 1.56 bits per heavy atom. The normalized spacial score (nSPS) is 21.6. The van der Waals surface area contributed by atoms with Crippen molar-refractivity contribution in [3.63, 3.8) is 0 Å². The summed E-state index contributed by atoms with van der Waals surface area (Å²) in [4.78, 5) is 46.4. The van der Waals surface area contributed by atoms with E-state index in [0.717, 1.165) is 16.2 Å². The van der Waals surface area contributed by atoms with Crippen LogP contribution in [0.3, 0.4) is 0 Å². The topological polar surface area (TPSA) is 96.4 Å². The Labute approximate surface area is 208 Å². The number of carbonyl (C=O) groups is 3. The first kappa shape index (κ1) is 23.6. The molecule has 2 atom stereocenters. The smallest absolute Gasteiger partial charge is 0.308 e. The second-order valence-electron chi connectivity index (χ2n) is 8.90. The summed E-state index contributed by atoms with van der Waals surface area (Å²) in [6.07, 6.45) is 0.333. The number of cyclic esters (lactones) is 1. The van der Waals surface area contributed by atoms with Gasteiger partial charge in [-0.15, -0.1) is 0 Å². The largest absolute Gasteiger partial charge is 0.506 e. The molecule has 36 heavy (non-hydrogen) atoms. The Kier molecular flexibility index (Phi) is 6.20. The third kappa shape index (κ3) is 3.99. The molecule has 8 heteroatoms. The van der Waals surface area contributed by atoms with Crippen molar-refractivity contribution in [3.05, 3.63) is 96.1 Å². The van der Waals surface area contributed by atoms with E-state index in [2.05, 4.69) is 0 Å². The minimum atomic E-state index is -1.45. The molecule has 2 heterocycles. The number of phenolic OH excluding ortho intramolecular Hbond substituents is 1. The van der Waals surface area contributed by atoms with Gasteiger partial charge in [0.1, 0.15) is 18.4 Å². The summed E-state index contributed by atoms with van der Waals surface area (Å²) in [5.41, 5.74) is 0.450. The standard InChI is InChI=1S/C28H26N2O6/c1-19(31)29(22-14-8-9-15-24(22)32)23-18-35-30(27(23)34)28(17-16-25(33)36-28)26(20-10-4-2-5-11-20)21-12-6-3-7-13-21/h2-15,23,26,32H,16-18H2,1H3/t23-,28?/m0/s1. The van der Waals surface area contributed by atoms with Crippen molar-refractivity contribution in [2.75, 3.05) is 11.5 Å². The van der Waals surface area contributed by atoms with Gasteiger partial charge in [-0.3, -0.25) is 24.1 Å². The molecule has 0 spiro atoms. The van der Waals surface area contributed by atoms with Crippen LogP contribution in [0.1, 0.15) is 36.8 Å². The summed E-state index contributed by atoms with van der Waals surface area (Å²) < 4.78 is 5.98. The van der Waals surface area contributed by atoms with Crippen molar-refractivity contribution in [2.24, 2.45) is 0 Å². The zero-order valence-electron chi connectivity index (χ0n) is 19.7. The van der Waals surface area contributed by atoms with Gasteiger partial charge in [0.15, 0.2) is 0 Å². The lowest BCUT2D eigenvalue weighted by Gasteiger charge is -2.41. The van der Waals surface area contributed by atoms with E-state index in [0.29, 0.717) is 0 Å².